The molecule has 1 fully saturated rings. The Balaban J connectivity index is 2.31. The third-order valence-electron chi connectivity index (χ3n) is 2.65. The van der Waals surface area contributed by atoms with Crippen LogP contribution in [-0.2, 0) is 0 Å². The van der Waals surface area contributed by atoms with E-state index in [9.17, 15) is 10.1 Å². The van der Waals surface area contributed by atoms with Crippen molar-refractivity contribution in [2.45, 2.75) is 18.9 Å². The Kier molecular flexibility index (Phi) is 3.10. The van der Waals surface area contributed by atoms with Gasteiger partial charge in [0.1, 0.15) is 11.6 Å². The Morgan fingerprint density at radius 1 is 1.59 bits per heavy atom. The third kappa shape index (κ3) is 2.62. The number of hydrogen-bond acceptors (Lipinski definition) is 6. The molecule has 2 rings (SSSR count). The standard InChI is InChI=1S/C10H14N4O3/c11-9-5-8(14(16)17)6-10(12-9)13(3-4-15)7-1-2-7/h5-7,15H,1-4H2,(H2,11,12). The molecule has 0 bridgehead atoms. The summed E-state index contributed by atoms with van der Waals surface area (Å²) in [5.74, 6) is 0.589. The van der Waals surface area contributed by atoms with Crippen molar-refractivity contribution in [3.63, 3.8) is 0 Å². The molecule has 92 valence electrons. The molecular weight excluding hydrogens is 224 g/mol. The average Bonchev–Trinajstić information content (AvgIpc) is 3.08. The second kappa shape index (κ2) is 4.54. The van der Waals surface area contributed by atoms with Crippen LogP contribution in [0.1, 0.15) is 12.8 Å². The molecule has 0 radical (unpaired) electrons. The minimum Gasteiger partial charge on any atom is -0.395 e. The molecule has 1 aliphatic carbocycles. The van der Waals surface area contributed by atoms with Crippen LogP contribution in [0.2, 0.25) is 0 Å². The van der Waals surface area contributed by atoms with E-state index in [2.05, 4.69) is 4.98 Å². The number of aliphatic hydroxyl groups excluding tert-OH is 1. The van der Waals surface area contributed by atoms with Crippen LogP contribution < -0.4 is 10.6 Å². The normalized spacial score (nSPS) is 14.6. The van der Waals surface area contributed by atoms with E-state index in [-0.39, 0.29) is 18.1 Å². The summed E-state index contributed by atoms with van der Waals surface area (Å²) in [6.07, 6.45) is 2.04. The number of anilines is 2. The Bertz CT molecular complexity index is 434. The topological polar surface area (TPSA) is 106 Å². The van der Waals surface area contributed by atoms with Crippen molar-refractivity contribution in [3.05, 3.63) is 22.2 Å². The molecule has 1 aromatic heterocycles. The number of nitrogens with two attached hydrogens (primary N) is 1. The van der Waals surface area contributed by atoms with Gasteiger partial charge in [-0.05, 0) is 12.8 Å². The minimum atomic E-state index is -0.494. The van der Waals surface area contributed by atoms with Gasteiger partial charge in [-0.2, -0.15) is 0 Å². The number of nitro groups is 1. The Hall–Kier alpha value is -1.89. The molecule has 0 amide bonds. The maximum Gasteiger partial charge on any atom is 0.276 e. The summed E-state index contributed by atoms with van der Waals surface area (Å²) in [7, 11) is 0. The van der Waals surface area contributed by atoms with Crippen molar-refractivity contribution >= 4 is 17.3 Å². The summed E-state index contributed by atoms with van der Waals surface area (Å²) < 4.78 is 0. The molecule has 1 aliphatic rings. The van der Waals surface area contributed by atoms with Gasteiger partial charge in [-0.25, -0.2) is 4.98 Å². The largest absolute Gasteiger partial charge is 0.395 e. The molecule has 17 heavy (non-hydrogen) atoms. The Morgan fingerprint density at radius 3 is 2.82 bits per heavy atom. The van der Waals surface area contributed by atoms with Crippen molar-refractivity contribution in [1.82, 2.24) is 4.98 Å². The van der Waals surface area contributed by atoms with Gasteiger partial charge >= 0.3 is 0 Å². The fraction of sp³-hybridized carbons (Fsp3) is 0.500. The van der Waals surface area contributed by atoms with Gasteiger partial charge in [-0.1, -0.05) is 0 Å². The fourth-order valence-electron chi connectivity index (χ4n) is 1.75. The molecule has 0 atom stereocenters. The number of aromatic nitrogens is 1. The zero-order valence-corrected chi connectivity index (χ0v) is 9.24. The number of nitrogen functional groups attached to an aromatic ring is 1. The van der Waals surface area contributed by atoms with Gasteiger partial charge in [-0.15, -0.1) is 0 Å². The zero-order chi connectivity index (χ0) is 12.4. The highest BCUT2D eigenvalue weighted by Crippen LogP contribution is 2.32. The van der Waals surface area contributed by atoms with E-state index < -0.39 is 4.92 Å². The molecule has 0 aromatic carbocycles. The summed E-state index contributed by atoms with van der Waals surface area (Å²) in [4.78, 5) is 16.2. The molecular formula is C10H14N4O3. The number of pyridine rings is 1. The third-order valence-corrected chi connectivity index (χ3v) is 2.65. The lowest BCUT2D eigenvalue weighted by Crippen LogP contribution is -2.29. The fourth-order valence-corrected chi connectivity index (χ4v) is 1.75. The van der Waals surface area contributed by atoms with Crippen LogP contribution in [-0.4, -0.2) is 34.2 Å². The highest BCUT2D eigenvalue weighted by atomic mass is 16.6. The SMILES string of the molecule is Nc1cc([N+](=O)[O-])cc(N(CCO)C2CC2)n1. The first-order valence-corrected chi connectivity index (χ1v) is 5.41. The van der Waals surface area contributed by atoms with Crippen LogP contribution in [0.15, 0.2) is 12.1 Å². The van der Waals surface area contributed by atoms with Crippen molar-refractivity contribution in [2.24, 2.45) is 0 Å². The van der Waals surface area contributed by atoms with Gasteiger partial charge < -0.3 is 15.7 Å². The van der Waals surface area contributed by atoms with Crippen LogP contribution >= 0.6 is 0 Å². The Morgan fingerprint density at radius 2 is 2.29 bits per heavy atom. The maximum atomic E-state index is 10.7. The molecule has 1 aromatic rings. The second-order valence-corrected chi connectivity index (χ2v) is 4.01. The monoisotopic (exact) mass is 238 g/mol. The average molecular weight is 238 g/mol. The highest BCUT2D eigenvalue weighted by Gasteiger charge is 2.30. The molecule has 1 heterocycles. The summed E-state index contributed by atoms with van der Waals surface area (Å²) in [5, 5.41) is 19.7. The highest BCUT2D eigenvalue weighted by molar-refractivity contribution is 5.55. The molecule has 0 unspecified atom stereocenters. The van der Waals surface area contributed by atoms with Gasteiger partial charge in [0, 0.05) is 12.6 Å². The summed E-state index contributed by atoms with van der Waals surface area (Å²) in [6.45, 7) is 0.402. The lowest BCUT2D eigenvalue weighted by Gasteiger charge is -2.22. The minimum absolute atomic E-state index is 0.0131. The Labute approximate surface area is 98.0 Å². The number of nitrogens with zero attached hydrogens (tertiary/aromatic N) is 3. The molecule has 7 heteroatoms. The van der Waals surface area contributed by atoms with Gasteiger partial charge in [-0.3, -0.25) is 10.1 Å². The van der Waals surface area contributed by atoms with E-state index >= 15 is 0 Å². The van der Waals surface area contributed by atoms with Crippen molar-refractivity contribution < 1.29 is 10.0 Å². The van der Waals surface area contributed by atoms with E-state index in [0.717, 1.165) is 12.8 Å². The second-order valence-electron chi connectivity index (χ2n) is 4.01. The first-order valence-electron chi connectivity index (χ1n) is 5.41. The molecule has 1 saturated carbocycles. The van der Waals surface area contributed by atoms with Crippen molar-refractivity contribution in [2.75, 3.05) is 23.8 Å². The van der Waals surface area contributed by atoms with Crippen LogP contribution in [0.5, 0.6) is 0 Å². The van der Waals surface area contributed by atoms with Crippen LogP contribution in [0.4, 0.5) is 17.3 Å². The molecule has 7 nitrogen and oxygen atoms in total. The van der Waals surface area contributed by atoms with Gasteiger partial charge in [0.2, 0.25) is 0 Å². The quantitative estimate of drug-likeness (QED) is 0.572. The number of hydrogen-bond donors (Lipinski definition) is 2. The smallest absolute Gasteiger partial charge is 0.276 e. The number of aliphatic hydroxyl groups is 1. The van der Waals surface area contributed by atoms with Crippen molar-refractivity contribution in [3.8, 4) is 0 Å². The van der Waals surface area contributed by atoms with Crippen LogP contribution in [0, 0.1) is 10.1 Å². The molecule has 3 N–H and O–H groups in total. The summed E-state index contributed by atoms with van der Waals surface area (Å²) in [5.41, 5.74) is 5.47. The van der Waals surface area contributed by atoms with E-state index in [1.165, 1.54) is 12.1 Å². The van der Waals surface area contributed by atoms with Crippen LogP contribution in [0.3, 0.4) is 0 Å². The van der Waals surface area contributed by atoms with E-state index in [1.54, 1.807) is 0 Å². The summed E-state index contributed by atoms with van der Waals surface area (Å²) >= 11 is 0. The predicted octanol–water partition coefficient (Wildman–Crippen LogP) is 0.533. The van der Waals surface area contributed by atoms with E-state index in [0.29, 0.717) is 18.4 Å². The predicted molar refractivity (Wildman–Crippen MR) is 62.8 cm³/mol. The van der Waals surface area contributed by atoms with E-state index in [1.807, 2.05) is 4.90 Å². The first kappa shape index (κ1) is 11.6. The van der Waals surface area contributed by atoms with Gasteiger partial charge in [0.15, 0.2) is 0 Å². The molecule has 0 saturated heterocycles. The van der Waals surface area contributed by atoms with Gasteiger partial charge in [0.05, 0.1) is 23.7 Å². The lowest BCUT2D eigenvalue weighted by atomic mass is 10.3. The van der Waals surface area contributed by atoms with Gasteiger partial charge in [0.25, 0.3) is 5.69 Å². The summed E-state index contributed by atoms with van der Waals surface area (Å²) in [6, 6.07) is 2.94. The van der Waals surface area contributed by atoms with Crippen molar-refractivity contribution in [1.29, 1.82) is 0 Å². The maximum absolute atomic E-state index is 10.7. The van der Waals surface area contributed by atoms with Crippen LogP contribution in [0.25, 0.3) is 0 Å². The van der Waals surface area contributed by atoms with E-state index in [4.69, 9.17) is 10.8 Å². The molecule has 0 spiro atoms. The zero-order valence-electron chi connectivity index (χ0n) is 9.24. The first-order chi connectivity index (χ1) is 8.11. The molecule has 0 aliphatic heterocycles. The number of rotatable bonds is 5. The lowest BCUT2D eigenvalue weighted by molar-refractivity contribution is -0.384.